The number of aliphatic carboxylic acids is 1. The lowest BCUT2D eigenvalue weighted by atomic mass is 9.95. The second-order valence-electron chi connectivity index (χ2n) is 4.53. The molecule has 3 nitrogen and oxygen atoms in total. The van der Waals surface area contributed by atoms with Gasteiger partial charge in [0.25, 0.3) is 0 Å². The molecule has 0 aromatic heterocycles. The first-order valence-electron chi connectivity index (χ1n) is 6.32. The van der Waals surface area contributed by atoms with E-state index in [0.29, 0.717) is 6.42 Å². The van der Waals surface area contributed by atoms with Crippen LogP contribution in [-0.2, 0) is 11.2 Å². The van der Waals surface area contributed by atoms with Crippen molar-refractivity contribution in [1.29, 1.82) is 0 Å². The van der Waals surface area contributed by atoms with Gasteiger partial charge in [0.15, 0.2) is 0 Å². The third kappa shape index (κ3) is 3.40. The highest BCUT2D eigenvalue weighted by Crippen LogP contribution is 2.26. The Kier molecular flexibility index (Phi) is 4.82. The number of carboxylic acids is 1. The first-order chi connectivity index (χ1) is 9.61. The van der Waals surface area contributed by atoms with E-state index in [1.54, 1.807) is 11.8 Å². The molecule has 0 amide bonds. The SMILES string of the molecule is CSc1ccc(-c2ccccc2CC(N)C(=O)O)cc1. The van der Waals surface area contributed by atoms with Gasteiger partial charge in [0, 0.05) is 4.90 Å². The number of thioether (sulfide) groups is 1. The number of carboxylic acid groups (broad SMARTS) is 1. The molecule has 0 saturated heterocycles. The fourth-order valence-corrected chi connectivity index (χ4v) is 2.48. The first kappa shape index (κ1) is 14.6. The van der Waals surface area contributed by atoms with Gasteiger partial charge in [-0.2, -0.15) is 0 Å². The molecular formula is C16H17NO2S. The maximum Gasteiger partial charge on any atom is 0.320 e. The summed E-state index contributed by atoms with van der Waals surface area (Å²) in [5.74, 6) is -0.975. The molecule has 0 fully saturated rings. The fourth-order valence-electron chi connectivity index (χ4n) is 2.07. The van der Waals surface area contributed by atoms with E-state index in [1.165, 1.54) is 4.90 Å². The third-order valence-electron chi connectivity index (χ3n) is 3.18. The van der Waals surface area contributed by atoms with Gasteiger partial charge in [-0.15, -0.1) is 11.8 Å². The normalized spacial score (nSPS) is 12.1. The molecule has 4 heteroatoms. The zero-order valence-electron chi connectivity index (χ0n) is 11.2. The summed E-state index contributed by atoms with van der Waals surface area (Å²) in [4.78, 5) is 12.1. The number of hydrogen-bond donors (Lipinski definition) is 2. The first-order valence-corrected chi connectivity index (χ1v) is 7.55. The Morgan fingerprint density at radius 2 is 1.85 bits per heavy atom. The summed E-state index contributed by atoms with van der Waals surface area (Å²) in [7, 11) is 0. The van der Waals surface area contributed by atoms with Gasteiger partial charge < -0.3 is 10.8 Å². The molecule has 2 rings (SSSR count). The van der Waals surface area contributed by atoms with Crippen molar-refractivity contribution in [3.05, 3.63) is 54.1 Å². The van der Waals surface area contributed by atoms with E-state index in [1.807, 2.05) is 30.5 Å². The van der Waals surface area contributed by atoms with Crippen molar-refractivity contribution in [2.45, 2.75) is 17.4 Å². The highest BCUT2D eigenvalue weighted by molar-refractivity contribution is 7.98. The summed E-state index contributed by atoms with van der Waals surface area (Å²) in [5.41, 5.74) is 8.71. The molecule has 2 aromatic carbocycles. The van der Waals surface area contributed by atoms with Crippen LogP contribution in [0.2, 0.25) is 0 Å². The second-order valence-corrected chi connectivity index (χ2v) is 5.41. The van der Waals surface area contributed by atoms with E-state index in [2.05, 4.69) is 24.3 Å². The molecule has 0 saturated carbocycles. The number of rotatable bonds is 5. The standard InChI is InChI=1S/C16H17NO2S/c1-20-13-8-6-11(7-9-13)14-5-3-2-4-12(14)10-15(17)16(18)19/h2-9,15H,10,17H2,1H3,(H,18,19). The summed E-state index contributed by atoms with van der Waals surface area (Å²) >= 11 is 1.69. The summed E-state index contributed by atoms with van der Waals surface area (Å²) in [5, 5.41) is 8.95. The zero-order chi connectivity index (χ0) is 14.5. The lowest BCUT2D eigenvalue weighted by molar-refractivity contribution is -0.138. The summed E-state index contributed by atoms with van der Waals surface area (Å²) < 4.78 is 0. The van der Waals surface area contributed by atoms with Crippen molar-refractivity contribution in [2.24, 2.45) is 5.73 Å². The van der Waals surface area contributed by atoms with E-state index < -0.39 is 12.0 Å². The van der Waals surface area contributed by atoms with Crippen LogP contribution < -0.4 is 5.73 Å². The summed E-state index contributed by atoms with van der Waals surface area (Å²) in [6.07, 6.45) is 2.37. The quantitative estimate of drug-likeness (QED) is 0.830. The molecule has 104 valence electrons. The lowest BCUT2D eigenvalue weighted by Crippen LogP contribution is -2.32. The molecule has 0 spiro atoms. The van der Waals surface area contributed by atoms with Crippen molar-refractivity contribution in [3.63, 3.8) is 0 Å². The largest absolute Gasteiger partial charge is 0.480 e. The van der Waals surface area contributed by atoms with Crippen LogP contribution in [0.1, 0.15) is 5.56 Å². The Bertz CT molecular complexity index is 596. The molecule has 1 atom stereocenters. The summed E-state index contributed by atoms with van der Waals surface area (Å²) in [6.45, 7) is 0. The Balaban J connectivity index is 2.33. The van der Waals surface area contributed by atoms with Crippen LogP contribution >= 0.6 is 11.8 Å². The van der Waals surface area contributed by atoms with Crippen LogP contribution in [0.15, 0.2) is 53.4 Å². The number of carbonyl (C=O) groups is 1. The highest BCUT2D eigenvalue weighted by Gasteiger charge is 2.14. The van der Waals surface area contributed by atoms with Gasteiger partial charge in [0.2, 0.25) is 0 Å². The molecule has 0 heterocycles. The van der Waals surface area contributed by atoms with Crippen LogP contribution in [-0.4, -0.2) is 23.4 Å². The second kappa shape index (κ2) is 6.59. The van der Waals surface area contributed by atoms with E-state index >= 15 is 0 Å². The molecular weight excluding hydrogens is 270 g/mol. The summed E-state index contributed by atoms with van der Waals surface area (Å²) in [6, 6.07) is 15.1. The average Bonchev–Trinajstić information content (AvgIpc) is 2.48. The molecule has 0 bridgehead atoms. The van der Waals surface area contributed by atoms with E-state index in [4.69, 9.17) is 10.8 Å². The smallest absolute Gasteiger partial charge is 0.320 e. The van der Waals surface area contributed by atoms with Gasteiger partial charge in [-0.25, -0.2) is 0 Å². The Hall–Kier alpha value is -1.78. The van der Waals surface area contributed by atoms with E-state index in [9.17, 15) is 4.79 Å². The number of benzene rings is 2. The van der Waals surface area contributed by atoms with E-state index in [-0.39, 0.29) is 0 Å². The minimum Gasteiger partial charge on any atom is -0.480 e. The molecule has 0 aliphatic carbocycles. The molecule has 3 N–H and O–H groups in total. The Morgan fingerprint density at radius 1 is 1.20 bits per heavy atom. The van der Waals surface area contributed by atoms with Crippen LogP contribution in [0.5, 0.6) is 0 Å². The minimum atomic E-state index is -0.975. The van der Waals surface area contributed by atoms with Crippen molar-refractivity contribution < 1.29 is 9.90 Å². The number of hydrogen-bond acceptors (Lipinski definition) is 3. The predicted octanol–water partition coefficient (Wildman–Crippen LogP) is 3.03. The van der Waals surface area contributed by atoms with Crippen LogP contribution in [0.3, 0.4) is 0 Å². The topological polar surface area (TPSA) is 63.3 Å². The maximum atomic E-state index is 10.9. The maximum absolute atomic E-state index is 10.9. The third-order valence-corrected chi connectivity index (χ3v) is 3.92. The van der Waals surface area contributed by atoms with Crippen molar-refractivity contribution in [3.8, 4) is 11.1 Å². The lowest BCUT2D eigenvalue weighted by Gasteiger charge is -2.12. The van der Waals surface area contributed by atoms with Gasteiger partial charge in [-0.05, 0) is 41.5 Å². The molecule has 20 heavy (non-hydrogen) atoms. The van der Waals surface area contributed by atoms with Gasteiger partial charge in [-0.1, -0.05) is 36.4 Å². The van der Waals surface area contributed by atoms with Gasteiger partial charge >= 0.3 is 5.97 Å². The molecule has 0 radical (unpaired) electrons. The molecule has 1 unspecified atom stereocenters. The Morgan fingerprint density at radius 3 is 2.45 bits per heavy atom. The molecule has 2 aromatic rings. The van der Waals surface area contributed by atoms with Gasteiger partial charge in [0.1, 0.15) is 6.04 Å². The molecule has 0 aliphatic heterocycles. The number of nitrogens with two attached hydrogens (primary N) is 1. The van der Waals surface area contributed by atoms with Crippen LogP contribution in [0, 0.1) is 0 Å². The van der Waals surface area contributed by atoms with E-state index in [0.717, 1.165) is 16.7 Å². The van der Waals surface area contributed by atoms with Crippen LogP contribution in [0.25, 0.3) is 11.1 Å². The fraction of sp³-hybridized carbons (Fsp3) is 0.188. The van der Waals surface area contributed by atoms with Crippen molar-refractivity contribution in [1.82, 2.24) is 0 Å². The monoisotopic (exact) mass is 287 g/mol. The average molecular weight is 287 g/mol. The predicted molar refractivity (Wildman–Crippen MR) is 83.0 cm³/mol. The van der Waals surface area contributed by atoms with Gasteiger partial charge in [-0.3, -0.25) is 4.79 Å². The highest BCUT2D eigenvalue weighted by atomic mass is 32.2. The van der Waals surface area contributed by atoms with Crippen molar-refractivity contribution in [2.75, 3.05) is 6.26 Å². The van der Waals surface area contributed by atoms with Crippen molar-refractivity contribution >= 4 is 17.7 Å². The van der Waals surface area contributed by atoms with Gasteiger partial charge in [0.05, 0.1) is 0 Å². The van der Waals surface area contributed by atoms with Crippen LogP contribution in [0.4, 0.5) is 0 Å². The minimum absolute atomic E-state index is 0.329. The molecule has 0 aliphatic rings. The Labute approximate surface area is 122 Å². The zero-order valence-corrected chi connectivity index (χ0v) is 12.1.